The Hall–Kier alpha value is -0.570. The van der Waals surface area contributed by atoms with E-state index in [1.165, 1.54) is 0 Å². The molecule has 0 unspecified atom stereocenters. The van der Waals surface area contributed by atoms with Crippen LogP contribution >= 0.6 is 0 Å². The molecule has 0 aromatic heterocycles. The predicted octanol–water partition coefficient (Wildman–Crippen LogP) is 1.31. The molecule has 3 heteroatoms. The van der Waals surface area contributed by atoms with Crippen LogP contribution in [0.2, 0.25) is 0 Å². The van der Waals surface area contributed by atoms with Crippen molar-refractivity contribution in [1.29, 1.82) is 0 Å². The number of nitrogens with one attached hydrogen (secondary N) is 1. The zero-order chi connectivity index (χ0) is 10.3. The van der Waals surface area contributed by atoms with Crippen molar-refractivity contribution in [3.8, 4) is 0 Å². The van der Waals surface area contributed by atoms with Gasteiger partial charge in [-0.3, -0.25) is 4.79 Å². The minimum atomic E-state index is -0.0698. The third kappa shape index (κ3) is 6.58. The highest BCUT2D eigenvalue weighted by Crippen LogP contribution is 2.03. The van der Waals surface area contributed by atoms with Gasteiger partial charge in [0.25, 0.3) is 0 Å². The van der Waals surface area contributed by atoms with Crippen molar-refractivity contribution >= 4 is 5.91 Å². The van der Waals surface area contributed by atoms with Crippen LogP contribution < -0.4 is 5.32 Å². The molecule has 0 aliphatic heterocycles. The van der Waals surface area contributed by atoms with Gasteiger partial charge >= 0.3 is 0 Å². The average Bonchev–Trinajstić information content (AvgIpc) is 2.10. The molecular formula is C10H21NO2. The Morgan fingerprint density at radius 1 is 1.46 bits per heavy atom. The smallest absolute Gasteiger partial charge is 0.220 e. The van der Waals surface area contributed by atoms with Crippen molar-refractivity contribution in [3.05, 3.63) is 0 Å². The van der Waals surface area contributed by atoms with Crippen molar-refractivity contribution in [3.63, 3.8) is 0 Å². The Balaban J connectivity index is 3.60. The van der Waals surface area contributed by atoms with Crippen LogP contribution in [0.25, 0.3) is 0 Å². The fraction of sp³-hybridized carbons (Fsp3) is 0.900. The highest BCUT2D eigenvalue weighted by molar-refractivity contribution is 5.76. The first kappa shape index (κ1) is 12.4. The molecule has 0 aliphatic carbocycles. The molecule has 78 valence electrons. The third-order valence-electron chi connectivity index (χ3n) is 2.03. The molecule has 1 atom stereocenters. The monoisotopic (exact) mass is 187 g/mol. The summed E-state index contributed by atoms with van der Waals surface area (Å²) in [7, 11) is 0. The Morgan fingerprint density at radius 3 is 2.46 bits per heavy atom. The van der Waals surface area contributed by atoms with Gasteiger partial charge in [0.1, 0.15) is 0 Å². The normalized spacial score (nSPS) is 13.0. The van der Waals surface area contributed by atoms with Crippen molar-refractivity contribution < 1.29 is 9.90 Å². The molecule has 13 heavy (non-hydrogen) atoms. The first-order chi connectivity index (χ1) is 6.10. The van der Waals surface area contributed by atoms with E-state index in [0.29, 0.717) is 12.3 Å². The van der Waals surface area contributed by atoms with E-state index in [1.54, 1.807) is 0 Å². The second-order valence-electron chi connectivity index (χ2n) is 3.79. The molecule has 0 rings (SSSR count). The number of aliphatic hydroxyl groups is 1. The summed E-state index contributed by atoms with van der Waals surface area (Å²) >= 11 is 0. The number of carbonyl (C=O) groups is 1. The van der Waals surface area contributed by atoms with E-state index in [9.17, 15) is 4.79 Å². The van der Waals surface area contributed by atoms with Gasteiger partial charge in [0, 0.05) is 6.42 Å². The van der Waals surface area contributed by atoms with E-state index in [2.05, 4.69) is 19.2 Å². The highest BCUT2D eigenvalue weighted by Gasteiger charge is 2.08. The van der Waals surface area contributed by atoms with Gasteiger partial charge in [-0.25, -0.2) is 0 Å². The number of rotatable bonds is 6. The van der Waals surface area contributed by atoms with Crippen LogP contribution in [0.15, 0.2) is 0 Å². The molecule has 0 fully saturated rings. The number of amides is 1. The molecule has 2 N–H and O–H groups in total. The number of hydrogen-bond acceptors (Lipinski definition) is 2. The fourth-order valence-corrected chi connectivity index (χ4v) is 0.996. The lowest BCUT2D eigenvalue weighted by Gasteiger charge is -2.14. The van der Waals surface area contributed by atoms with E-state index < -0.39 is 0 Å². The van der Waals surface area contributed by atoms with Crippen LogP contribution in [0.5, 0.6) is 0 Å². The van der Waals surface area contributed by atoms with Gasteiger partial charge < -0.3 is 10.4 Å². The van der Waals surface area contributed by atoms with Gasteiger partial charge in [-0.2, -0.15) is 0 Å². The molecule has 0 bridgehead atoms. The second-order valence-corrected chi connectivity index (χ2v) is 3.79. The van der Waals surface area contributed by atoms with E-state index >= 15 is 0 Å². The van der Waals surface area contributed by atoms with E-state index in [4.69, 9.17) is 5.11 Å². The van der Waals surface area contributed by atoms with Crippen molar-refractivity contribution in [2.24, 2.45) is 5.92 Å². The van der Waals surface area contributed by atoms with Gasteiger partial charge in [0.05, 0.1) is 12.6 Å². The number of hydrogen-bond donors (Lipinski definition) is 2. The van der Waals surface area contributed by atoms with E-state index in [-0.39, 0.29) is 18.6 Å². The maximum Gasteiger partial charge on any atom is 0.220 e. The molecule has 0 radical (unpaired) electrons. The number of carbonyl (C=O) groups excluding carboxylic acids is 1. The minimum absolute atomic E-state index is 0.0317. The Kier molecular flexibility index (Phi) is 6.59. The van der Waals surface area contributed by atoms with Crippen LogP contribution in [-0.2, 0) is 4.79 Å². The molecule has 0 aliphatic rings. The van der Waals surface area contributed by atoms with Gasteiger partial charge in [-0.1, -0.05) is 20.8 Å². The van der Waals surface area contributed by atoms with Gasteiger partial charge in [-0.05, 0) is 18.8 Å². The van der Waals surface area contributed by atoms with Crippen LogP contribution in [0.3, 0.4) is 0 Å². The van der Waals surface area contributed by atoms with Gasteiger partial charge in [-0.15, -0.1) is 0 Å². The third-order valence-corrected chi connectivity index (χ3v) is 2.03. The summed E-state index contributed by atoms with van der Waals surface area (Å²) in [5, 5.41) is 11.6. The molecule has 0 aromatic carbocycles. The SMILES string of the molecule is CC[C@H](CO)NC(=O)CCC(C)C. The lowest BCUT2D eigenvalue weighted by atomic mass is 10.1. The average molecular weight is 187 g/mol. The van der Waals surface area contributed by atoms with Crippen molar-refractivity contribution in [2.75, 3.05) is 6.61 Å². The van der Waals surface area contributed by atoms with Crippen LogP contribution in [-0.4, -0.2) is 23.7 Å². The van der Waals surface area contributed by atoms with Gasteiger partial charge in [0.15, 0.2) is 0 Å². The van der Waals surface area contributed by atoms with E-state index in [1.807, 2.05) is 6.92 Å². The van der Waals surface area contributed by atoms with Crippen LogP contribution in [0.1, 0.15) is 40.0 Å². The standard InChI is InChI=1S/C10H21NO2/c1-4-9(7-12)11-10(13)6-5-8(2)3/h8-9,12H,4-7H2,1-3H3,(H,11,13)/t9-/m1/s1. The summed E-state index contributed by atoms with van der Waals surface area (Å²) in [4.78, 5) is 11.3. The molecule has 0 saturated carbocycles. The molecular weight excluding hydrogens is 166 g/mol. The molecule has 0 spiro atoms. The van der Waals surface area contributed by atoms with E-state index in [0.717, 1.165) is 12.8 Å². The first-order valence-electron chi connectivity index (χ1n) is 5.00. The predicted molar refractivity (Wildman–Crippen MR) is 53.4 cm³/mol. The zero-order valence-corrected chi connectivity index (χ0v) is 8.84. The Labute approximate surface area is 80.5 Å². The summed E-state index contributed by atoms with van der Waals surface area (Å²) in [6, 6.07) is -0.0698. The first-order valence-corrected chi connectivity index (χ1v) is 5.00. The summed E-state index contributed by atoms with van der Waals surface area (Å²) in [6.45, 7) is 6.17. The quantitative estimate of drug-likeness (QED) is 0.658. The topological polar surface area (TPSA) is 49.3 Å². The van der Waals surface area contributed by atoms with Crippen molar-refractivity contribution in [2.45, 2.75) is 46.1 Å². The van der Waals surface area contributed by atoms with Crippen LogP contribution in [0.4, 0.5) is 0 Å². The summed E-state index contributed by atoms with van der Waals surface area (Å²) < 4.78 is 0. The Bertz CT molecular complexity index is 142. The molecule has 0 saturated heterocycles. The largest absolute Gasteiger partial charge is 0.394 e. The Morgan fingerprint density at radius 2 is 2.08 bits per heavy atom. The summed E-state index contributed by atoms with van der Waals surface area (Å²) in [6.07, 6.45) is 2.26. The lowest BCUT2D eigenvalue weighted by molar-refractivity contribution is -0.122. The summed E-state index contributed by atoms with van der Waals surface area (Å²) in [5.74, 6) is 0.606. The molecule has 0 aromatic rings. The minimum Gasteiger partial charge on any atom is -0.394 e. The molecule has 3 nitrogen and oxygen atoms in total. The maximum atomic E-state index is 11.3. The van der Waals surface area contributed by atoms with Crippen LogP contribution in [0, 0.1) is 5.92 Å². The summed E-state index contributed by atoms with van der Waals surface area (Å²) in [5.41, 5.74) is 0. The number of aliphatic hydroxyl groups excluding tert-OH is 1. The molecule has 1 amide bonds. The fourth-order valence-electron chi connectivity index (χ4n) is 0.996. The van der Waals surface area contributed by atoms with Crippen molar-refractivity contribution in [1.82, 2.24) is 5.32 Å². The highest BCUT2D eigenvalue weighted by atomic mass is 16.3. The molecule has 0 heterocycles. The lowest BCUT2D eigenvalue weighted by Crippen LogP contribution is -2.36. The van der Waals surface area contributed by atoms with Gasteiger partial charge in [0.2, 0.25) is 5.91 Å². The zero-order valence-electron chi connectivity index (χ0n) is 8.84. The maximum absolute atomic E-state index is 11.3. The second kappa shape index (κ2) is 6.89.